The first-order chi connectivity index (χ1) is 8.81. The molecule has 2 aromatic carbocycles. The van der Waals surface area contributed by atoms with Crippen LogP contribution >= 0.6 is 0 Å². The van der Waals surface area contributed by atoms with Crippen molar-refractivity contribution in [2.24, 2.45) is 5.73 Å². The fraction of sp³-hybridized carbons (Fsp3) is 0.188. The maximum absolute atomic E-state index is 6.29. The van der Waals surface area contributed by atoms with Gasteiger partial charge in [-0.05, 0) is 24.1 Å². The summed E-state index contributed by atoms with van der Waals surface area (Å²) >= 11 is 0. The molecule has 1 aliphatic heterocycles. The summed E-state index contributed by atoms with van der Waals surface area (Å²) in [5.41, 5.74) is 11.3. The third-order valence-electron chi connectivity index (χ3n) is 3.58. The van der Waals surface area contributed by atoms with E-state index in [9.17, 15) is 0 Å². The number of hydrogen-bond donors (Lipinski definition) is 1. The van der Waals surface area contributed by atoms with Crippen LogP contribution in [0.3, 0.4) is 0 Å². The van der Waals surface area contributed by atoms with Crippen molar-refractivity contribution < 1.29 is 4.58 Å². The Morgan fingerprint density at radius 1 is 1.06 bits per heavy atom. The van der Waals surface area contributed by atoms with Gasteiger partial charge in [0.2, 0.25) is 0 Å². The fourth-order valence-corrected chi connectivity index (χ4v) is 2.60. The lowest BCUT2D eigenvalue weighted by Gasteiger charge is -2.07. The van der Waals surface area contributed by atoms with Crippen LogP contribution in [0.2, 0.25) is 0 Å². The molecule has 0 saturated carbocycles. The van der Waals surface area contributed by atoms with Crippen LogP contribution in [0.1, 0.15) is 23.6 Å². The monoisotopic (exact) mass is 237 g/mol. The van der Waals surface area contributed by atoms with Crippen molar-refractivity contribution >= 4 is 11.5 Å². The van der Waals surface area contributed by atoms with Crippen LogP contribution < -0.4 is 5.73 Å². The molecule has 0 aromatic heterocycles. The Bertz CT molecular complexity index is 626. The summed E-state index contributed by atoms with van der Waals surface area (Å²) < 4.78 is 2.21. The Morgan fingerprint density at radius 3 is 2.56 bits per heavy atom. The maximum atomic E-state index is 6.29. The van der Waals surface area contributed by atoms with E-state index in [1.807, 2.05) is 6.07 Å². The lowest BCUT2D eigenvalue weighted by Crippen LogP contribution is -2.20. The third-order valence-corrected chi connectivity index (χ3v) is 3.58. The molecule has 0 amide bonds. The van der Waals surface area contributed by atoms with Gasteiger partial charge in [0.1, 0.15) is 12.2 Å². The average molecular weight is 237 g/mol. The van der Waals surface area contributed by atoms with Gasteiger partial charge in [0.15, 0.2) is 0 Å². The van der Waals surface area contributed by atoms with Gasteiger partial charge in [-0.1, -0.05) is 43.3 Å². The number of para-hydroxylation sites is 1. The van der Waals surface area contributed by atoms with Crippen molar-refractivity contribution in [3.8, 4) is 0 Å². The molecule has 2 aromatic rings. The molecular formula is C16H17N2+. The lowest BCUT2D eigenvalue weighted by molar-refractivity contribution is -0.453. The molecule has 1 aliphatic rings. The zero-order valence-electron chi connectivity index (χ0n) is 10.6. The van der Waals surface area contributed by atoms with Crippen LogP contribution in [0.4, 0.5) is 5.69 Å². The van der Waals surface area contributed by atoms with Gasteiger partial charge in [0.05, 0.1) is 5.56 Å². The topological polar surface area (TPSA) is 29.0 Å². The standard InChI is InChI=1S/C16H16N2/c1-2-12-7-4-6-10-15(12)18-11-13-8-3-5-9-14(13)16(18)17/h3-10,17H,2,11H2,1H3/p+1. The zero-order valence-corrected chi connectivity index (χ0v) is 10.6. The lowest BCUT2D eigenvalue weighted by atomic mass is 10.1. The Morgan fingerprint density at radius 2 is 1.78 bits per heavy atom. The molecule has 2 N–H and O–H groups in total. The number of amidine groups is 1. The molecule has 0 atom stereocenters. The van der Waals surface area contributed by atoms with E-state index >= 15 is 0 Å². The number of hydrogen-bond acceptors (Lipinski definition) is 1. The van der Waals surface area contributed by atoms with E-state index in [0.717, 1.165) is 18.8 Å². The van der Waals surface area contributed by atoms with E-state index in [1.54, 1.807) is 0 Å². The van der Waals surface area contributed by atoms with E-state index < -0.39 is 0 Å². The van der Waals surface area contributed by atoms with E-state index in [0.29, 0.717) is 0 Å². The first-order valence-corrected chi connectivity index (χ1v) is 6.37. The molecule has 0 saturated heterocycles. The predicted molar refractivity (Wildman–Crippen MR) is 74.2 cm³/mol. The van der Waals surface area contributed by atoms with Crippen LogP contribution in [0, 0.1) is 0 Å². The number of fused-ring (bicyclic) bond motifs is 1. The van der Waals surface area contributed by atoms with Crippen LogP contribution in [0.25, 0.3) is 0 Å². The van der Waals surface area contributed by atoms with Crippen molar-refractivity contribution in [3.05, 3.63) is 65.2 Å². The second-order valence-electron chi connectivity index (χ2n) is 4.61. The molecule has 2 nitrogen and oxygen atoms in total. The largest absolute Gasteiger partial charge is 0.286 e. The smallest absolute Gasteiger partial charge is 0.280 e. The molecule has 0 radical (unpaired) electrons. The highest BCUT2D eigenvalue weighted by Crippen LogP contribution is 2.26. The minimum atomic E-state index is 0.867. The number of nitrogens with zero attached hydrogens (tertiary/aromatic N) is 1. The highest BCUT2D eigenvalue weighted by molar-refractivity contribution is 5.97. The van der Waals surface area contributed by atoms with Gasteiger partial charge < -0.3 is 0 Å². The van der Waals surface area contributed by atoms with Crippen LogP contribution in [0.5, 0.6) is 0 Å². The molecule has 1 heterocycles. The molecule has 0 spiro atoms. The second kappa shape index (κ2) is 4.30. The Kier molecular flexibility index (Phi) is 2.63. The van der Waals surface area contributed by atoms with Gasteiger partial charge in [-0.3, -0.25) is 5.73 Å². The number of benzene rings is 2. The highest BCUT2D eigenvalue weighted by atomic mass is 15.1. The molecule has 2 heteroatoms. The van der Waals surface area contributed by atoms with Gasteiger partial charge in [-0.25, -0.2) is 4.58 Å². The SMILES string of the molecule is CCc1ccccc1[N+]1=C(N)c2ccccc2C1. The Hall–Kier alpha value is -2.09. The van der Waals surface area contributed by atoms with Gasteiger partial charge in [0.25, 0.3) is 5.84 Å². The summed E-state index contributed by atoms with van der Waals surface area (Å²) in [4.78, 5) is 0. The quantitative estimate of drug-likeness (QED) is 0.799. The summed E-state index contributed by atoms with van der Waals surface area (Å²) in [6, 6.07) is 16.8. The van der Waals surface area contributed by atoms with Gasteiger partial charge >= 0.3 is 0 Å². The molecule has 90 valence electrons. The van der Waals surface area contributed by atoms with Crippen molar-refractivity contribution in [1.82, 2.24) is 0 Å². The summed E-state index contributed by atoms with van der Waals surface area (Å²) in [6.07, 6.45) is 1.02. The molecule has 0 fully saturated rings. The Balaban J connectivity index is 2.13. The van der Waals surface area contributed by atoms with Gasteiger partial charge in [-0.2, -0.15) is 0 Å². The van der Waals surface area contributed by atoms with Crippen LogP contribution in [0.15, 0.2) is 48.5 Å². The fourth-order valence-electron chi connectivity index (χ4n) is 2.60. The number of nitrogens with two attached hydrogens (primary N) is 1. The second-order valence-corrected chi connectivity index (χ2v) is 4.61. The summed E-state index contributed by atoms with van der Waals surface area (Å²) in [5, 5.41) is 0. The van der Waals surface area contributed by atoms with Crippen LogP contribution in [-0.4, -0.2) is 10.4 Å². The number of rotatable bonds is 2. The van der Waals surface area contributed by atoms with Gasteiger partial charge in [0, 0.05) is 5.56 Å². The molecule has 3 rings (SSSR count). The number of aryl methyl sites for hydroxylation is 1. The van der Waals surface area contributed by atoms with Crippen LogP contribution in [-0.2, 0) is 13.0 Å². The van der Waals surface area contributed by atoms with Crippen molar-refractivity contribution in [2.75, 3.05) is 0 Å². The molecular weight excluding hydrogens is 220 g/mol. The van der Waals surface area contributed by atoms with Crippen molar-refractivity contribution in [2.45, 2.75) is 19.9 Å². The molecule has 0 aliphatic carbocycles. The molecule has 0 unspecified atom stereocenters. The van der Waals surface area contributed by atoms with Gasteiger partial charge in [-0.15, -0.1) is 0 Å². The van der Waals surface area contributed by atoms with E-state index in [4.69, 9.17) is 5.73 Å². The molecule has 0 bridgehead atoms. The normalized spacial score (nSPS) is 13.8. The van der Waals surface area contributed by atoms with Crippen molar-refractivity contribution in [1.29, 1.82) is 0 Å². The summed E-state index contributed by atoms with van der Waals surface area (Å²) in [5.74, 6) is 0.867. The zero-order chi connectivity index (χ0) is 12.5. The first-order valence-electron chi connectivity index (χ1n) is 6.37. The first kappa shape index (κ1) is 11.0. The minimum Gasteiger partial charge on any atom is -0.286 e. The predicted octanol–water partition coefficient (Wildman–Crippen LogP) is 2.81. The summed E-state index contributed by atoms with van der Waals surface area (Å²) in [6.45, 7) is 3.05. The van der Waals surface area contributed by atoms with Crippen molar-refractivity contribution in [3.63, 3.8) is 0 Å². The van der Waals surface area contributed by atoms with E-state index in [-0.39, 0.29) is 0 Å². The highest BCUT2D eigenvalue weighted by Gasteiger charge is 2.26. The maximum Gasteiger partial charge on any atom is 0.280 e. The summed E-state index contributed by atoms with van der Waals surface area (Å²) in [7, 11) is 0. The molecule has 18 heavy (non-hydrogen) atoms. The van der Waals surface area contributed by atoms with E-state index in [2.05, 4.69) is 54.0 Å². The van der Waals surface area contributed by atoms with E-state index in [1.165, 1.54) is 22.4 Å². The Labute approximate surface area is 107 Å². The third kappa shape index (κ3) is 1.61. The average Bonchev–Trinajstić information content (AvgIpc) is 2.76. The minimum absolute atomic E-state index is 0.867.